The zero-order valence-electron chi connectivity index (χ0n) is 7.60. The maximum Gasteiger partial charge on any atom is 0.123 e. The number of benzene rings is 1. The number of nitrogens with zero attached hydrogens (tertiary/aromatic N) is 3. The van der Waals surface area contributed by atoms with E-state index in [-0.39, 0.29) is 5.82 Å². The Morgan fingerprint density at radius 1 is 1.50 bits per heavy atom. The van der Waals surface area contributed by atoms with Gasteiger partial charge < -0.3 is 0 Å². The van der Waals surface area contributed by atoms with Gasteiger partial charge in [-0.15, -0.1) is 0 Å². The normalized spacial score (nSPS) is 10.1. The van der Waals surface area contributed by atoms with E-state index in [1.54, 1.807) is 12.1 Å². The third-order valence-corrected chi connectivity index (χ3v) is 1.62. The van der Waals surface area contributed by atoms with Gasteiger partial charge >= 0.3 is 0 Å². The second-order valence-corrected chi connectivity index (χ2v) is 2.70. The predicted octanol–water partition coefficient (Wildman–Crippen LogP) is 3.54. The van der Waals surface area contributed by atoms with Crippen LogP contribution in [0.15, 0.2) is 35.5 Å². The lowest BCUT2D eigenvalue weighted by Gasteiger charge is -1.92. The van der Waals surface area contributed by atoms with E-state index < -0.39 is 0 Å². The minimum atomic E-state index is -0.248. The van der Waals surface area contributed by atoms with Crippen molar-refractivity contribution >= 4 is 6.08 Å². The Hall–Kier alpha value is -1.80. The first kappa shape index (κ1) is 10.3. The molecule has 0 aliphatic carbocycles. The molecular weight excluding hydrogens is 181 g/mol. The van der Waals surface area contributed by atoms with Crippen molar-refractivity contribution in [2.75, 3.05) is 6.54 Å². The van der Waals surface area contributed by atoms with E-state index in [9.17, 15) is 4.39 Å². The monoisotopic (exact) mass is 191 g/mol. The van der Waals surface area contributed by atoms with Crippen LogP contribution in [0.4, 0.5) is 4.39 Å². The van der Waals surface area contributed by atoms with Crippen LogP contribution in [-0.4, -0.2) is 6.54 Å². The minimum Gasteiger partial charge on any atom is -0.207 e. The molecule has 0 heterocycles. The van der Waals surface area contributed by atoms with Gasteiger partial charge in [-0.1, -0.05) is 29.4 Å². The summed E-state index contributed by atoms with van der Waals surface area (Å²) >= 11 is 0. The van der Waals surface area contributed by atoms with Gasteiger partial charge in [0.25, 0.3) is 0 Å². The number of azide groups is 1. The second-order valence-electron chi connectivity index (χ2n) is 2.70. The molecule has 0 aliphatic heterocycles. The molecule has 4 heteroatoms. The highest BCUT2D eigenvalue weighted by Gasteiger charge is 1.89. The zero-order chi connectivity index (χ0) is 10.2. The molecule has 1 aromatic carbocycles. The van der Waals surface area contributed by atoms with E-state index in [4.69, 9.17) is 5.53 Å². The molecule has 14 heavy (non-hydrogen) atoms. The summed E-state index contributed by atoms with van der Waals surface area (Å²) < 4.78 is 12.7. The largest absolute Gasteiger partial charge is 0.207 e. The van der Waals surface area contributed by atoms with Crippen LogP contribution in [0.5, 0.6) is 0 Å². The van der Waals surface area contributed by atoms with Gasteiger partial charge in [-0.3, -0.25) is 0 Å². The lowest BCUT2D eigenvalue weighted by Crippen LogP contribution is -1.76. The fraction of sp³-hybridized carbons (Fsp3) is 0.200. The Kier molecular flexibility index (Phi) is 4.24. The first-order valence-corrected chi connectivity index (χ1v) is 4.26. The highest BCUT2D eigenvalue weighted by molar-refractivity contribution is 5.48. The van der Waals surface area contributed by atoms with Crippen LogP contribution in [0.3, 0.4) is 0 Å². The van der Waals surface area contributed by atoms with Gasteiger partial charge in [0.2, 0.25) is 0 Å². The van der Waals surface area contributed by atoms with E-state index in [0.717, 1.165) is 5.56 Å². The first-order valence-electron chi connectivity index (χ1n) is 4.26. The summed E-state index contributed by atoms with van der Waals surface area (Å²) in [7, 11) is 0. The summed E-state index contributed by atoms with van der Waals surface area (Å²) in [6.07, 6.45) is 4.32. The molecule has 0 aliphatic rings. The molecule has 0 amide bonds. The fourth-order valence-electron chi connectivity index (χ4n) is 1.01. The first-order chi connectivity index (χ1) is 6.83. The maximum atomic E-state index is 12.7. The van der Waals surface area contributed by atoms with Crippen molar-refractivity contribution in [1.29, 1.82) is 0 Å². The van der Waals surface area contributed by atoms with Crippen molar-refractivity contribution in [2.45, 2.75) is 6.42 Å². The topological polar surface area (TPSA) is 48.8 Å². The summed E-state index contributed by atoms with van der Waals surface area (Å²) in [5.41, 5.74) is 8.81. The van der Waals surface area contributed by atoms with Gasteiger partial charge in [0.1, 0.15) is 5.82 Å². The van der Waals surface area contributed by atoms with Gasteiger partial charge in [-0.05, 0) is 29.6 Å². The molecule has 0 radical (unpaired) electrons. The number of hydrogen-bond acceptors (Lipinski definition) is 1. The van der Waals surface area contributed by atoms with Crippen LogP contribution in [0.1, 0.15) is 12.0 Å². The maximum absolute atomic E-state index is 12.7. The number of halogens is 1. The van der Waals surface area contributed by atoms with Crippen molar-refractivity contribution in [3.8, 4) is 0 Å². The number of hydrogen-bond donors (Lipinski definition) is 0. The van der Waals surface area contributed by atoms with E-state index >= 15 is 0 Å². The van der Waals surface area contributed by atoms with Crippen molar-refractivity contribution in [2.24, 2.45) is 5.11 Å². The lowest BCUT2D eigenvalue weighted by atomic mass is 10.2. The third-order valence-electron chi connectivity index (χ3n) is 1.62. The molecule has 1 rings (SSSR count). The molecule has 72 valence electrons. The molecule has 0 unspecified atom stereocenters. The predicted molar refractivity (Wildman–Crippen MR) is 54.1 cm³/mol. The standard InChI is InChI=1S/C10H10FN3/c11-10-6-3-5-9(8-10)4-1-2-7-13-14-12/h1,3-6,8H,2,7H2. The summed E-state index contributed by atoms with van der Waals surface area (Å²) in [4.78, 5) is 2.63. The van der Waals surface area contributed by atoms with E-state index in [0.29, 0.717) is 13.0 Å². The van der Waals surface area contributed by atoms with Crippen molar-refractivity contribution in [1.82, 2.24) is 0 Å². The summed E-state index contributed by atoms with van der Waals surface area (Å²) in [6, 6.07) is 6.32. The smallest absolute Gasteiger partial charge is 0.123 e. The van der Waals surface area contributed by atoms with Gasteiger partial charge in [-0.25, -0.2) is 4.39 Å². The molecule has 1 aromatic rings. The molecule has 0 spiro atoms. The van der Waals surface area contributed by atoms with Gasteiger partial charge in [0, 0.05) is 11.5 Å². The Morgan fingerprint density at radius 2 is 2.36 bits per heavy atom. The van der Waals surface area contributed by atoms with Crippen LogP contribution >= 0.6 is 0 Å². The molecular formula is C10H10FN3. The average molecular weight is 191 g/mol. The van der Waals surface area contributed by atoms with E-state index in [1.165, 1.54) is 12.1 Å². The Morgan fingerprint density at radius 3 is 3.07 bits per heavy atom. The second kappa shape index (κ2) is 5.78. The third kappa shape index (κ3) is 3.74. The summed E-state index contributed by atoms with van der Waals surface area (Å²) in [5.74, 6) is -0.248. The fourth-order valence-corrected chi connectivity index (χ4v) is 1.01. The van der Waals surface area contributed by atoms with Crippen molar-refractivity contribution < 1.29 is 4.39 Å². The summed E-state index contributed by atoms with van der Waals surface area (Å²) in [6.45, 7) is 0.433. The molecule has 0 fully saturated rings. The Bertz CT molecular complexity index is 367. The van der Waals surface area contributed by atoms with Crippen molar-refractivity contribution in [3.05, 3.63) is 52.2 Å². The van der Waals surface area contributed by atoms with Crippen LogP contribution in [-0.2, 0) is 0 Å². The number of rotatable bonds is 4. The Balaban J connectivity index is 2.47. The lowest BCUT2D eigenvalue weighted by molar-refractivity contribution is 0.627. The molecule has 0 N–H and O–H groups in total. The van der Waals surface area contributed by atoms with Crippen LogP contribution < -0.4 is 0 Å². The molecule has 0 saturated heterocycles. The summed E-state index contributed by atoms with van der Waals surface area (Å²) in [5, 5.41) is 3.38. The Labute approximate surface area is 81.5 Å². The highest BCUT2D eigenvalue weighted by atomic mass is 19.1. The molecule has 0 atom stereocenters. The molecule has 3 nitrogen and oxygen atoms in total. The van der Waals surface area contributed by atoms with E-state index in [1.807, 2.05) is 12.1 Å². The average Bonchev–Trinajstić information content (AvgIpc) is 2.18. The van der Waals surface area contributed by atoms with E-state index in [2.05, 4.69) is 10.0 Å². The highest BCUT2D eigenvalue weighted by Crippen LogP contribution is 2.05. The zero-order valence-corrected chi connectivity index (χ0v) is 7.60. The van der Waals surface area contributed by atoms with Crippen LogP contribution in [0, 0.1) is 5.82 Å². The van der Waals surface area contributed by atoms with Crippen LogP contribution in [0.25, 0.3) is 16.5 Å². The van der Waals surface area contributed by atoms with Gasteiger partial charge in [0.15, 0.2) is 0 Å². The molecule has 0 saturated carbocycles. The van der Waals surface area contributed by atoms with Gasteiger partial charge in [0.05, 0.1) is 0 Å². The minimum absolute atomic E-state index is 0.248. The van der Waals surface area contributed by atoms with Gasteiger partial charge in [-0.2, -0.15) is 0 Å². The molecule has 0 bridgehead atoms. The molecule has 0 aromatic heterocycles. The quantitative estimate of drug-likeness (QED) is 0.302. The SMILES string of the molecule is [N-]=[N+]=NCCC=Cc1cccc(F)c1. The van der Waals surface area contributed by atoms with Crippen LogP contribution in [0.2, 0.25) is 0 Å². The van der Waals surface area contributed by atoms with Crippen molar-refractivity contribution in [3.63, 3.8) is 0 Å².